The predicted molar refractivity (Wildman–Crippen MR) is 74.7 cm³/mol. The molecule has 0 fully saturated rings. The van der Waals surface area contributed by atoms with Gasteiger partial charge in [-0.25, -0.2) is 4.18 Å². The van der Waals surface area contributed by atoms with Gasteiger partial charge in [-0.05, 0) is 24.6 Å². The van der Waals surface area contributed by atoms with Crippen LogP contribution in [0.15, 0.2) is 59.5 Å². The van der Waals surface area contributed by atoms with E-state index in [1.54, 1.807) is 6.92 Å². The van der Waals surface area contributed by atoms with E-state index in [4.69, 9.17) is 0 Å². The van der Waals surface area contributed by atoms with Crippen LogP contribution in [0, 0.1) is 6.92 Å². The van der Waals surface area contributed by atoms with Crippen molar-refractivity contribution < 1.29 is 25.8 Å². The van der Waals surface area contributed by atoms with Gasteiger partial charge in [0.1, 0.15) is 0 Å². The highest BCUT2D eigenvalue weighted by molar-refractivity contribution is 7.86. The summed E-state index contributed by atoms with van der Waals surface area (Å²) < 4.78 is 67.9. The smallest absolute Gasteiger partial charge is 0.248 e. The molecule has 0 aliphatic rings. The molecule has 0 N–H and O–H groups in total. The van der Waals surface area contributed by atoms with E-state index in [1.165, 1.54) is 54.6 Å². The van der Waals surface area contributed by atoms with Crippen LogP contribution >= 0.6 is 0 Å². The van der Waals surface area contributed by atoms with Gasteiger partial charge in [0.25, 0.3) is 10.1 Å². The van der Waals surface area contributed by atoms with Crippen LogP contribution in [0.25, 0.3) is 0 Å². The zero-order chi connectivity index (χ0) is 16.4. The normalized spacial score (nSPS) is 13.8. The highest BCUT2D eigenvalue weighted by atomic mass is 32.2. The van der Waals surface area contributed by atoms with Gasteiger partial charge in [-0.1, -0.05) is 48.0 Å². The minimum absolute atomic E-state index is 0.273. The first-order chi connectivity index (χ1) is 10.2. The predicted octanol–water partition coefficient (Wildman–Crippen LogP) is 4.00. The maximum absolute atomic E-state index is 13.1. The van der Waals surface area contributed by atoms with Crippen molar-refractivity contribution in [2.45, 2.75) is 24.1 Å². The average Bonchev–Trinajstić information content (AvgIpc) is 2.45. The molecule has 0 aliphatic heterocycles. The van der Waals surface area contributed by atoms with Gasteiger partial charge in [0, 0.05) is 0 Å². The van der Waals surface area contributed by atoms with E-state index in [-0.39, 0.29) is 10.5 Å². The number of hydrogen-bond donors (Lipinski definition) is 0. The first kappa shape index (κ1) is 16.5. The molecule has 2 rings (SSSR count). The number of hydrogen-bond acceptors (Lipinski definition) is 3. The van der Waals surface area contributed by atoms with Crippen molar-refractivity contribution >= 4 is 10.1 Å². The van der Waals surface area contributed by atoms with Crippen LogP contribution in [0.2, 0.25) is 0 Å². The van der Waals surface area contributed by atoms with Crippen LogP contribution in [0.4, 0.5) is 13.2 Å². The largest absolute Gasteiger partial charge is 0.420 e. The Kier molecular flexibility index (Phi) is 4.58. The summed E-state index contributed by atoms with van der Waals surface area (Å²) in [4.78, 5) is -0.316. The molecule has 0 bridgehead atoms. The second kappa shape index (κ2) is 6.10. The van der Waals surface area contributed by atoms with Gasteiger partial charge < -0.3 is 0 Å². The summed E-state index contributed by atoms with van der Waals surface area (Å²) in [6, 6.07) is 12.0. The Labute approximate surface area is 126 Å². The Bertz CT molecular complexity index is 723. The van der Waals surface area contributed by atoms with Crippen molar-refractivity contribution in [2.24, 2.45) is 0 Å². The molecule has 2 aromatic rings. The lowest BCUT2D eigenvalue weighted by molar-refractivity contribution is -0.196. The number of aryl methyl sites for hydroxylation is 1. The molecular weight excluding hydrogens is 317 g/mol. The quantitative estimate of drug-likeness (QED) is 0.796. The minimum Gasteiger partial charge on any atom is -0.248 e. The zero-order valence-electron chi connectivity index (χ0n) is 11.5. The first-order valence-corrected chi connectivity index (χ1v) is 7.72. The minimum atomic E-state index is -4.85. The van der Waals surface area contributed by atoms with E-state index in [2.05, 4.69) is 4.18 Å². The lowest BCUT2D eigenvalue weighted by Gasteiger charge is -2.20. The molecule has 0 radical (unpaired) electrons. The van der Waals surface area contributed by atoms with E-state index in [9.17, 15) is 21.6 Å². The van der Waals surface area contributed by atoms with Gasteiger partial charge in [-0.3, -0.25) is 0 Å². The van der Waals surface area contributed by atoms with Crippen LogP contribution in [0.3, 0.4) is 0 Å². The molecule has 1 atom stereocenters. The third kappa shape index (κ3) is 3.86. The summed E-state index contributed by atoms with van der Waals surface area (Å²) in [6.07, 6.45) is -7.39. The lowest BCUT2D eigenvalue weighted by atomic mass is 10.1. The van der Waals surface area contributed by atoms with Crippen LogP contribution in [0.5, 0.6) is 0 Å². The summed E-state index contributed by atoms with van der Waals surface area (Å²) in [7, 11) is -4.53. The molecule has 118 valence electrons. The number of halogens is 3. The van der Waals surface area contributed by atoms with Crippen molar-refractivity contribution in [3.63, 3.8) is 0 Å². The van der Waals surface area contributed by atoms with Gasteiger partial charge in [0.15, 0.2) is 6.10 Å². The topological polar surface area (TPSA) is 43.4 Å². The number of rotatable bonds is 4. The van der Waals surface area contributed by atoms with Crippen molar-refractivity contribution in [3.8, 4) is 0 Å². The summed E-state index contributed by atoms with van der Waals surface area (Å²) >= 11 is 0. The summed E-state index contributed by atoms with van der Waals surface area (Å²) in [5, 5.41) is 0. The Morgan fingerprint density at radius 1 is 0.955 bits per heavy atom. The second-order valence-corrected chi connectivity index (χ2v) is 6.27. The maximum Gasteiger partial charge on any atom is 0.420 e. The molecule has 3 nitrogen and oxygen atoms in total. The Balaban J connectivity index is 2.37. The zero-order valence-corrected chi connectivity index (χ0v) is 12.4. The maximum atomic E-state index is 13.1. The molecule has 0 aliphatic carbocycles. The van der Waals surface area contributed by atoms with Gasteiger partial charge >= 0.3 is 6.18 Å². The van der Waals surface area contributed by atoms with E-state index >= 15 is 0 Å². The lowest BCUT2D eigenvalue weighted by Crippen LogP contribution is -2.26. The molecule has 22 heavy (non-hydrogen) atoms. The van der Waals surface area contributed by atoms with Crippen molar-refractivity contribution in [3.05, 3.63) is 65.7 Å². The molecule has 0 unspecified atom stereocenters. The van der Waals surface area contributed by atoms with Crippen LogP contribution in [0.1, 0.15) is 17.2 Å². The van der Waals surface area contributed by atoms with E-state index in [0.29, 0.717) is 0 Å². The molecule has 7 heteroatoms. The van der Waals surface area contributed by atoms with Crippen LogP contribution < -0.4 is 0 Å². The van der Waals surface area contributed by atoms with Gasteiger partial charge in [0.05, 0.1) is 4.90 Å². The molecule has 2 aromatic carbocycles. The third-order valence-electron chi connectivity index (χ3n) is 2.93. The molecule has 0 saturated carbocycles. The standard InChI is InChI=1S/C15H13F3O3S/c1-11-7-9-13(10-8-11)22(19,20)21-14(15(16,17)18)12-5-3-2-4-6-12/h2-10,14H,1H3/t14-/m1/s1. The van der Waals surface area contributed by atoms with Crippen LogP contribution in [-0.2, 0) is 14.3 Å². The van der Waals surface area contributed by atoms with E-state index in [0.717, 1.165) is 5.56 Å². The highest BCUT2D eigenvalue weighted by Gasteiger charge is 2.45. The molecule has 0 aromatic heterocycles. The van der Waals surface area contributed by atoms with Gasteiger partial charge in [-0.15, -0.1) is 0 Å². The molecule has 0 spiro atoms. The van der Waals surface area contributed by atoms with E-state index in [1.807, 2.05) is 0 Å². The number of benzene rings is 2. The first-order valence-electron chi connectivity index (χ1n) is 6.32. The van der Waals surface area contributed by atoms with Crippen molar-refractivity contribution in [2.75, 3.05) is 0 Å². The van der Waals surface area contributed by atoms with Gasteiger partial charge in [-0.2, -0.15) is 21.6 Å². The highest BCUT2D eigenvalue weighted by Crippen LogP contribution is 2.38. The molecule has 0 amide bonds. The fraction of sp³-hybridized carbons (Fsp3) is 0.200. The fourth-order valence-corrected chi connectivity index (χ4v) is 2.87. The van der Waals surface area contributed by atoms with Crippen molar-refractivity contribution in [1.82, 2.24) is 0 Å². The fourth-order valence-electron chi connectivity index (χ4n) is 1.81. The Hall–Kier alpha value is -1.86. The van der Waals surface area contributed by atoms with E-state index < -0.39 is 22.4 Å². The molecule has 0 heterocycles. The summed E-state index contributed by atoms with van der Waals surface area (Å²) in [5.41, 5.74) is 0.514. The SMILES string of the molecule is Cc1ccc(S(=O)(=O)O[C@H](c2ccccc2)C(F)(F)F)cc1. The third-order valence-corrected chi connectivity index (χ3v) is 4.23. The molecule has 0 saturated heterocycles. The Morgan fingerprint density at radius 3 is 2.00 bits per heavy atom. The van der Waals surface area contributed by atoms with Crippen molar-refractivity contribution in [1.29, 1.82) is 0 Å². The average molecular weight is 330 g/mol. The number of alkyl halides is 3. The van der Waals surface area contributed by atoms with Crippen LogP contribution in [-0.4, -0.2) is 14.6 Å². The Morgan fingerprint density at radius 2 is 1.50 bits per heavy atom. The van der Waals surface area contributed by atoms with Gasteiger partial charge in [0.2, 0.25) is 0 Å². The molecular formula is C15H13F3O3S. The monoisotopic (exact) mass is 330 g/mol. The summed E-state index contributed by atoms with van der Waals surface area (Å²) in [6.45, 7) is 1.74. The summed E-state index contributed by atoms with van der Waals surface area (Å²) in [5.74, 6) is 0. The second-order valence-electron chi connectivity index (χ2n) is 4.70.